The molecule has 208 valence electrons. The number of carbonyl (C=O) groups excluding carboxylic acids is 1. The zero-order chi connectivity index (χ0) is 28.4. The monoisotopic (exact) mass is 548 g/mol. The first-order valence-corrected chi connectivity index (χ1v) is 11.4. The number of hydrogen-bond acceptors (Lipinski definition) is 13. The topological polar surface area (TPSA) is 223 Å². The summed E-state index contributed by atoms with van der Waals surface area (Å²) in [5.74, 6) is -3.76. The molecule has 2 aromatic carbocycles. The van der Waals surface area contributed by atoms with Crippen molar-refractivity contribution in [1.82, 2.24) is 0 Å². The zero-order valence-electron chi connectivity index (χ0n) is 20.2. The van der Waals surface area contributed by atoms with E-state index in [-0.39, 0.29) is 34.0 Å². The molecule has 3 aromatic rings. The third-order valence-corrected chi connectivity index (χ3v) is 5.88. The lowest BCUT2D eigenvalue weighted by Gasteiger charge is -2.40. The molecule has 6 N–H and O–H groups in total. The second-order valence-electron chi connectivity index (χ2n) is 8.54. The molecule has 5 atom stereocenters. The summed E-state index contributed by atoms with van der Waals surface area (Å²) in [7, 11) is 1.17. The molecule has 0 aliphatic carbocycles. The summed E-state index contributed by atoms with van der Waals surface area (Å²) < 4.78 is 26.8. The van der Waals surface area contributed by atoms with Gasteiger partial charge in [0.25, 0.3) is 0 Å². The normalized spacial score (nSPS) is 22.8. The minimum atomic E-state index is -1.84. The smallest absolute Gasteiger partial charge is 0.317 e. The average molecular weight is 548 g/mol. The van der Waals surface area contributed by atoms with Crippen LogP contribution >= 0.6 is 0 Å². The minimum Gasteiger partial charge on any atom is -0.508 e. The molecule has 4 rings (SSSR count). The molecule has 1 fully saturated rings. The third-order valence-electron chi connectivity index (χ3n) is 5.88. The molecule has 0 spiro atoms. The van der Waals surface area contributed by atoms with Crippen molar-refractivity contribution < 1.29 is 63.6 Å². The van der Waals surface area contributed by atoms with E-state index in [1.165, 1.54) is 37.4 Å². The van der Waals surface area contributed by atoms with Crippen molar-refractivity contribution in [2.45, 2.75) is 37.1 Å². The number of carbonyl (C=O) groups is 2. The molecule has 0 radical (unpaired) electrons. The highest BCUT2D eigenvalue weighted by atomic mass is 16.7. The number of hydrogen-bond donors (Lipinski definition) is 6. The van der Waals surface area contributed by atoms with Gasteiger partial charge >= 0.3 is 11.9 Å². The van der Waals surface area contributed by atoms with Crippen LogP contribution in [0.15, 0.2) is 45.6 Å². The van der Waals surface area contributed by atoms with E-state index in [2.05, 4.69) is 0 Å². The van der Waals surface area contributed by atoms with Crippen LogP contribution in [0.5, 0.6) is 23.0 Å². The number of aromatic hydroxyl groups is 2. The van der Waals surface area contributed by atoms with E-state index >= 15 is 0 Å². The maximum absolute atomic E-state index is 12.8. The molecule has 14 heteroatoms. The van der Waals surface area contributed by atoms with E-state index in [9.17, 15) is 39.9 Å². The predicted octanol–water partition coefficient (Wildman–Crippen LogP) is 0.0841. The van der Waals surface area contributed by atoms with E-state index < -0.39 is 66.9 Å². The third kappa shape index (κ3) is 5.73. The molecule has 1 saturated heterocycles. The Morgan fingerprint density at radius 2 is 1.69 bits per heavy atom. The van der Waals surface area contributed by atoms with Crippen LogP contribution in [0.1, 0.15) is 6.42 Å². The Morgan fingerprint density at radius 3 is 2.33 bits per heavy atom. The molecule has 0 saturated carbocycles. The van der Waals surface area contributed by atoms with Crippen LogP contribution < -0.4 is 14.9 Å². The quantitative estimate of drug-likeness (QED) is 0.162. The number of phenolic OH excluding ortho intramolecular Hbond substituents is 2. The summed E-state index contributed by atoms with van der Waals surface area (Å²) in [5, 5.41) is 59.7. The molecule has 1 aliphatic rings. The largest absolute Gasteiger partial charge is 0.508 e. The van der Waals surface area contributed by atoms with E-state index in [0.717, 1.165) is 6.07 Å². The van der Waals surface area contributed by atoms with Gasteiger partial charge in [0, 0.05) is 17.7 Å². The summed E-state index contributed by atoms with van der Waals surface area (Å²) in [6.07, 6.45) is -9.53. The Bertz CT molecular complexity index is 1430. The van der Waals surface area contributed by atoms with Gasteiger partial charge in [-0.05, 0) is 24.3 Å². The van der Waals surface area contributed by atoms with E-state index in [1.807, 2.05) is 0 Å². The van der Waals surface area contributed by atoms with Crippen molar-refractivity contribution in [1.29, 1.82) is 0 Å². The van der Waals surface area contributed by atoms with Crippen molar-refractivity contribution in [3.05, 3.63) is 46.6 Å². The van der Waals surface area contributed by atoms with Gasteiger partial charge < -0.3 is 54.0 Å². The SMILES string of the molecule is COc1c(O[C@@H]2O[C@H](COC(=O)CC(=O)O)[C@@H](O)[C@H](O)[C@H]2O)cc2oc(-c3ccc(O)cc3)cc(=O)c2c1O. The van der Waals surface area contributed by atoms with Gasteiger partial charge in [-0.3, -0.25) is 14.4 Å². The molecule has 1 aromatic heterocycles. The molecule has 0 bridgehead atoms. The highest BCUT2D eigenvalue weighted by molar-refractivity contribution is 5.90. The van der Waals surface area contributed by atoms with Gasteiger partial charge in [0.05, 0.1) is 7.11 Å². The molecule has 0 amide bonds. The van der Waals surface area contributed by atoms with Crippen LogP contribution in [0, 0.1) is 0 Å². The lowest BCUT2D eigenvalue weighted by atomic mass is 9.99. The number of methoxy groups -OCH3 is 1. The number of aliphatic hydroxyl groups is 3. The molecule has 0 unspecified atom stereocenters. The second kappa shape index (κ2) is 11.2. The molecule has 39 heavy (non-hydrogen) atoms. The van der Waals surface area contributed by atoms with Crippen LogP contribution in [-0.2, 0) is 19.1 Å². The number of ether oxygens (including phenoxy) is 4. The maximum atomic E-state index is 12.8. The predicted molar refractivity (Wildman–Crippen MR) is 128 cm³/mol. The fraction of sp³-hybridized carbons (Fsp3) is 0.320. The number of fused-ring (bicyclic) bond motifs is 1. The van der Waals surface area contributed by atoms with Gasteiger partial charge in [-0.25, -0.2) is 0 Å². The summed E-state index contributed by atoms with van der Waals surface area (Å²) in [6.45, 7) is -0.679. The fourth-order valence-corrected chi connectivity index (χ4v) is 3.94. The average Bonchev–Trinajstić information content (AvgIpc) is 2.88. The van der Waals surface area contributed by atoms with Crippen LogP contribution in [0.2, 0.25) is 0 Å². The molecule has 2 heterocycles. The Hall–Kier alpha value is -4.37. The Morgan fingerprint density at radius 1 is 1.00 bits per heavy atom. The van der Waals surface area contributed by atoms with Crippen LogP contribution in [0.25, 0.3) is 22.3 Å². The number of carboxylic acids is 1. The number of aliphatic carboxylic acids is 1. The number of aliphatic hydroxyl groups excluding tert-OH is 3. The number of phenols is 2. The van der Waals surface area contributed by atoms with Crippen molar-refractivity contribution in [3.63, 3.8) is 0 Å². The second-order valence-corrected chi connectivity index (χ2v) is 8.54. The maximum Gasteiger partial charge on any atom is 0.317 e. The van der Waals surface area contributed by atoms with Gasteiger partial charge in [-0.1, -0.05) is 0 Å². The summed E-state index contributed by atoms with van der Waals surface area (Å²) in [5.41, 5.74) is -0.339. The summed E-state index contributed by atoms with van der Waals surface area (Å²) >= 11 is 0. The minimum absolute atomic E-state index is 0.00625. The van der Waals surface area contributed by atoms with Crippen molar-refractivity contribution in [2.75, 3.05) is 13.7 Å². The van der Waals surface area contributed by atoms with Crippen molar-refractivity contribution >= 4 is 22.9 Å². The number of benzene rings is 2. The lowest BCUT2D eigenvalue weighted by Crippen LogP contribution is -2.60. The first kappa shape index (κ1) is 27.7. The van der Waals surface area contributed by atoms with Crippen LogP contribution in [0.3, 0.4) is 0 Å². The van der Waals surface area contributed by atoms with Crippen LogP contribution in [-0.4, -0.2) is 87.0 Å². The van der Waals surface area contributed by atoms with Gasteiger partial charge in [-0.15, -0.1) is 0 Å². The molecular formula is C25H24O14. The number of rotatable bonds is 8. The van der Waals surface area contributed by atoms with Gasteiger partial charge in [-0.2, -0.15) is 0 Å². The van der Waals surface area contributed by atoms with Crippen LogP contribution in [0.4, 0.5) is 0 Å². The Balaban J connectivity index is 1.66. The molecule has 1 aliphatic heterocycles. The highest BCUT2D eigenvalue weighted by Gasteiger charge is 2.46. The van der Waals surface area contributed by atoms with Crippen molar-refractivity contribution in [3.8, 4) is 34.3 Å². The van der Waals surface area contributed by atoms with Gasteiger partial charge in [0.1, 0.15) is 59.9 Å². The first-order chi connectivity index (χ1) is 18.5. The Labute approximate surface area is 218 Å². The standard InChI is InChI=1S/C25H24O14/c1-35-24-15(38-25-23(34)22(33)20(31)16(39-25)9-36-18(30)8-17(28)29)7-14-19(21(24)32)12(27)6-13(37-14)10-2-4-11(26)5-3-10/h2-7,16,20,22-23,25-26,31-34H,8-9H2,1H3,(H,28,29)/t16-,20-,22+,23-,25-/m1/s1. The lowest BCUT2D eigenvalue weighted by molar-refractivity contribution is -0.278. The fourth-order valence-electron chi connectivity index (χ4n) is 3.94. The highest BCUT2D eigenvalue weighted by Crippen LogP contribution is 2.43. The van der Waals surface area contributed by atoms with Gasteiger partial charge in [0.2, 0.25) is 12.0 Å². The van der Waals surface area contributed by atoms with Gasteiger partial charge in [0.15, 0.2) is 16.9 Å². The summed E-state index contributed by atoms with van der Waals surface area (Å²) in [6, 6.07) is 8.09. The molecule has 14 nitrogen and oxygen atoms in total. The van der Waals surface area contributed by atoms with Crippen molar-refractivity contribution in [2.24, 2.45) is 0 Å². The van der Waals surface area contributed by atoms with E-state index in [4.69, 9.17) is 28.5 Å². The number of esters is 1. The Kier molecular flexibility index (Phi) is 7.92. The number of carboxylic acid groups (broad SMARTS) is 1. The zero-order valence-corrected chi connectivity index (χ0v) is 20.2. The molecular weight excluding hydrogens is 524 g/mol. The van der Waals surface area contributed by atoms with E-state index in [1.54, 1.807) is 0 Å². The summed E-state index contributed by atoms with van der Waals surface area (Å²) in [4.78, 5) is 35.0. The van der Waals surface area contributed by atoms with E-state index in [0.29, 0.717) is 5.56 Å². The first-order valence-electron chi connectivity index (χ1n) is 11.4.